The number of carbonyl (C=O) groups excluding carboxylic acids is 3. The van der Waals surface area contributed by atoms with Crippen LogP contribution in [0.25, 0.3) is 6.08 Å². The Balaban J connectivity index is 1.44. The van der Waals surface area contributed by atoms with E-state index < -0.39 is 23.9 Å². The Hall–Kier alpha value is -3.90. The summed E-state index contributed by atoms with van der Waals surface area (Å²) in [6, 6.07) is 22.3. The molecule has 6 nitrogen and oxygen atoms in total. The van der Waals surface area contributed by atoms with Gasteiger partial charge in [0.15, 0.2) is 0 Å². The van der Waals surface area contributed by atoms with E-state index in [0.717, 1.165) is 11.1 Å². The molecule has 1 N–H and O–H groups in total. The van der Waals surface area contributed by atoms with Gasteiger partial charge in [0.1, 0.15) is 6.04 Å². The van der Waals surface area contributed by atoms with E-state index in [1.54, 1.807) is 48.5 Å². The summed E-state index contributed by atoms with van der Waals surface area (Å²) in [4.78, 5) is 44.2. The maximum atomic E-state index is 13.7. The molecule has 3 aliphatic rings. The highest BCUT2D eigenvalue weighted by molar-refractivity contribution is 6.30. The van der Waals surface area contributed by atoms with Crippen molar-refractivity contribution in [3.63, 3.8) is 0 Å². The van der Waals surface area contributed by atoms with Gasteiger partial charge in [-0.3, -0.25) is 14.4 Å². The number of hydrogen-bond acceptors (Lipinski definition) is 4. The number of imide groups is 1. The van der Waals surface area contributed by atoms with Crippen molar-refractivity contribution < 1.29 is 14.4 Å². The molecule has 0 spiro atoms. The molecule has 0 unspecified atom stereocenters. The van der Waals surface area contributed by atoms with Gasteiger partial charge in [-0.05, 0) is 53.6 Å². The molecule has 3 aromatic carbocycles. The molecular weight excluding hydrogens is 450 g/mol. The number of nitrogens with one attached hydrogen (secondary N) is 1. The van der Waals surface area contributed by atoms with Gasteiger partial charge in [0.2, 0.25) is 17.7 Å². The van der Waals surface area contributed by atoms with Gasteiger partial charge in [0.25, 0.3) is 0 Å². The Bertz CT molecular complexity index is 1340. The second-order valence-corrected chi connectivity index (χ2v) is 9.11. The standard InChI is InChI=1S/C27H20ClN3O3/c28-17-10-12-18(13-11-17)29-25(32)24-22-21(23-20-9-5-4-6-16(20)14-15-30(23)24)26(33)31(27(22)34)19-7-2-1-3-8-19/h1-15,21-24H,(H,29,32)/t21-,22+,23+,24-/m0/s1. The summed E-state index contributed by atoms with van der Waals surface area (Å²) < 4.78 is 0. The molecule has 0 aromatic heterocycles. The SMILES string of the molecule is O=C(Nc1ccc(Cl)cc1)[C@@H]1[C@@H]2C(=O)N(c3ccccc3)C(=O)[C@@H]2[C@H]2c3ccccc3C=CN12. The molecule has 168 valence electrons. The minimum atomic E-state index is -0.833. The lowest BCUT2D eigenvalue weighted by molar-refractivity contribution is -0.128. The molecular formula is C27H20ClN3O3. The lowest BCUT2D eigenvalue weighted by atomic mass is 9.84. The van der Waals surface area contributed by atoms with E-state index in [-0.39, 0.29) is 17.7 Å². The Labute approximate surface area is 201 Å². The van der Waals surface area contributed by atoms with Crippen molar-refractivity contribution in [1.29, 1.82) is 0 Å². The number of fused-ring (bicyclic) bond motifs is 5. The van der Waals surface area contributed by atoms with Crippen LogP contribution in [-0.2, 0) is 14.4 Å². The minimum absolute atomic E-state index is 0.275. The summed E-state index contributed by atoms with van der Waals surface area (Å²) in [5.74, 6) is -2.43. The van der Waals surface area contributed by atoms with Crippen LogP contribution in [0.4, 0.5) is 11.4 Å². The van der Waals surface area contributed by atoms with Gasteiger partial charge in [0, 0.05) is 16.9 Å². The quantitative estimate of drug-likeness (QED) is 0.574. The van der Waals surface area contributed by atoms with E-state index in [2.05, 4.69) is 5.32 Å². The van der Waals surface area contributed by atoms with E-state index in [1.807, 2.05) is 47.5 Å². The third-order valence-corrected chi connectivity index (χ3v) is 7.11. The van der Waals surface area contributed by atoms with Crippen molar-refractivity contribution in [2.45, 2.75) is 12.1 Å². The van der Waals surface area contributed by atoms with E-state index in [0.29, 0.717) is 16.4 Å². The molecule has 3 aromatic rings. The zero-order chi connectivity index (χ0) is 23.4. The van der Waals surface area contributed by atoms with Crippen LogP contribution in [-0.4, -0.2) is 28.7 Å². The van der Waals surface area contributed by atoms with E-state index in [4.69, 9.17) is 11.6 Å². The molecule has 4 atom stereocenters. The highest BCUT2D eigenvalue weighted by Crippen LogP contribution is 2.53. The summed E-state index contributed by atoms with van der Waals surface area (Å²) in [6.45, 7) is 0. The molecule has 0 radical (unpaired) electrons. The van der Waals surface area contributed by atoms with E-state index >= 15 is 0 Å². The molecule has 3 heterocycles. The highest BCUT2D eigenvalue weighted by atomic mass is 35.5. The van der Waals surface area contributed by atoms with Gasteiger partial charge >= 0.3 is 0 Å². The smallest absolute Gasteiger partial charge is 0.247 e. The molecule has 34 heavy (non-hydrogen) atoms. The summed E-state index contributed by atoms with van der Waals surface area (Å²) in [5, 5.41) is 3.48. The molecule has 2 saturated heterocycles. The molecule has 0 saturated carbocycles. The van der Waals surface area contributed by atoms with Crippen LogP contribution in [0.1, 0.15) is 17.2 Å². The summed E-state index contributed by atoms with van der Waals surface area (Å²) in [5.41, 5.74) is 3.03. The minimum Gasteiger partial charge on any atom is -0.357 e. The fourth-order valence-electron chi connectivity index (χ4n) is 5.44. The van der Waals surface area contributed by atoms with Crippen LogP contribution in [0.2, 0.25) is 5.02 Å². The van der Waals surface area contributed by atoms with Crippen molar-refractivity contribution >= 4 is 46.8 Å². The monoisotopic (exact) mass is 469 g/mol. The molecule has 7 heteroatoms. The number of nitrogens with zero attached hydrogens (tertiary/aromatic N) is 2. The van der Waals surface area contributed by atoms with Gasteiger partial charge in [-0.2, -0.15) is 0 Å². The Morgan fingerprint density at radius 2 is 1.50 bits per heavy atom. The zero-order valence-electron chi connectivity index (χ0n) is 18.0. The van der Waals surface area contributed by atoms with Crippen LogP contribution < -0.4 is 10.2 Å². The predicted molar refractivity (Wildman–Crippen MR) is 130 cm³/mol. The summed E-state index contributed by atoms with van der Waals surface area (Å²) >= 11 is 5.98. The number of carbonyl (C=O) groups is 3. The van der Waals surface area contributed by atoms with Gasteiger partial charge in [-0.15, -0.1) is 0 Å². The average molecular weight is 470 g/mol. The molecule has 3 aliphatic heterocycles. The van der Waals surface area contributed by atoms with Crippen molar-refractivity contribution in [3.05, 3.63) is 101 Å². The van der Waals surface area contributed by atoms with Crippen LogP contribution in [0.5, 0.6) is 0 Å². The molecule has 0 aliphatic carbocycles. The Morgan fingerprint density at radius 1 is 0.824 bits per heavy atom. The Morgan fingerprint density at radius 3 is 2.26 bits per heavy atom. The third-order valence-electron chi connectivity index (χ3n) is 6.86. The third kappa shape index (κ3) is 3.06. The van der Waals surface area contributed by atoms with E-state index in [1.165, 1.54) is 4.90 Å². The van der Waals surface area contributed by atoms with Crippen molar-refractivity contribution in [3.8, 4) is 0 Å². The van der Waals surface area contributed by atoms with Gasteiger partial charge in [-0.1, -0.05) is 54.1 Å². The number of benzene rings is 3. The topological polar surface area (TPSA) is 69.7 Å². The van der Waals surface area contributed by atoms with Crippen LogP contribution in [0.3, 0.4) is 0 Å². The van der Waals surface area contributed by atoms with Gasteiger partial charge < -0.3 is 10.2 Å². The van der Waals surface area contributed by atoms with Crippen LogP contribution in [0.15, 0.2) is 85.1 Å². The number of halogens is 1. The molecule has 6 rings (SSSR count). The predicted octanol–water partition coefficient (Wildman–Crippen LogP) is 4.49. The molecule has 3 amide bonds. The Kier molecular flexibility index (Phi) is 4.78. The number of hydrogen-bond donors (Lipinski definition) is 1. The van der Waals surface area contributed by atoms with Crippen molar-refractivity contribution in [2.75, 3.05) is 10.2 Å². The van der Waals surface area contributed by atoms with Crippen LogP contribution >= 0.6 is 11.6 Å². The first-order valence-electron chi connectivity index (χ1n) is 11.1. The number of anilines is 2. The lowest BCUT2D eigenvalue weighted by Gasteiger charge is -2.35. The molecule has 0 bridgehead atoms. The second kappa shape index (κ2) is 7.85. The number of rotatable bonds is 3. The first-order chi connectivity index (χ1) is 16.5. The van der Waals surface area contributed by atoms with Gasteiger partial charge in [-0.25, -0.2) is 4.90 Å². The van der Waals surface area contributed by atoms with Crippen molar-refractivity contribution in [2.24, 2.45) is 11.8 Å². The maximum Gasteiger partial charge on any atom is 0.247 e. The van der Waals surface area contributed by atoms with Crippen molar-refractivity contribution in [1.82, 2.24) is 4.90 Å². The lowest BCUT2D eigenvalue weighted by Crippen LogP contribution is -2.46. The summed E-state index contributed by atoms with van der Waals surface area (Å²) in [6.07, 6.45) is 3.77. The summed E-state index contributed by atoms with van der Waals surface area (Å²) in [7, 11) is 0. The number of amides is 3. The van der Waals surface area contributed by atoms with Gasteiger partial charge in [0.05, 0.1) is 23.6 Å². The highest BCUT2D eigenvalue weighted by Gasteiger charge is 2.64. The average Bonchev–Trinajstić information content (AvgIpc) is 3.33. The second-order valence-electron chi connectivity index (χ2n) is 8.68. The molecule has 2 fully saturated rings. The fourth-order valence-corrected chi connectivity index (χ4v) is 5.56. The largest absolute Gasteiger partial charge is 0.357 e. The first kappa shape index (κ1) is 20.7. The fraction of sp³-hybridized carbons (Fsp3) is 0.148. The zero-order valence-corrected chi connectivity index (χ0v) is 18.7. The maximum absolute atomic E-state index is 13.7. The number of para-hydroxylation sites is 1. The van der Waals surface area contributed by atoms with Crippen LogP contribution in [0, 0.1) is 11.8 Å². The normalized spacial score (nSPS) is 24.6. The first-order valence-corrected chi connectivity index (χ1v) is 11.5. The van der Waals surface area contributed by atoms with E-state index in [9.17, 15) is 14.4 Å².